The third-order valence-electron chi connectivity index (χ3n) is 3.94. The number of carbonyl (C=O) groups excluding carboxylic acids is 1. The van der Waals surface area contributed by atoms with E-state index in [1.165, 1.54) is 11.0 Å². The number of rotatable bonds is 4. The van der Waals surface area contributed by atoms with Crippen LogP contribution in [-0.2, 0) is 0 Å². The van der Waals surface area contributed by atoms with E-state index in [1.807, 2.05) is 32.9 Å². The average Bonchev–Trinajstić information content (AvgIpc) is 2.48. The Bertz CT molecular complexity index is 742. The van der Waals surface area contributed by atoms with Crippen molar-refractivity contribution in [2.75, 3.05) is 4.90 Å². The van der Waals surface area contributed by atoms with Gasteiger partial charge in [0.25, 0.3) is 0 Å². The zero-order valence-corrected chi connectivity index (χ0v) is 14.0. The third-order valence-corrected chi connectivity index (χ3v) is 3.94. The highest BCUT2D eigenvalue weighted by Crippen LogP contribution is 2.36. The molecule has 0 aliphatic rings. The molecule has 2 aromatic rings. The highest BCUT2D eigenvalue weighted by atomic mass is 16.3. The lowest BCUT2D eigenvalue weighted by Gasteiger charge is -2.29. The number of carbonyl (C=O) groups is 1. The van der Waals surface area contributed by atoms with Crippen LogP contribution in [0.5, 0.6) is 11.5 Å². The predicted molar refractivity (Wildman–Crippen MR) is 94.0 cm³/mol. The second-order valence-electron chi connectivity index (χ2n) is 6.11. The lowest BCUT2D eigenvalue weighted by molar-refractivity contribution is 0.251. The number of hydrogen-bond donors (Lipinski definition) is 4. The molecule has 0 saturated carbocycles. The summed E-state index contributed by atoms with van der Waals surface area (Å²) in [6.45, 7) is 5.75. The first kappa shape index (κ1) is 17.6. The van der Waals surface area contributed by atoms with Crippen LogP contribution >= 0.6 is 0 Å². The fraction of sp³-hybridized carbons (Fsp3) is 0.278. The summed E-state index contributed by atoms with van der Waals surface area (Å²) in [4.78, 5) is 13.1. The van der Waals surface area contributed by atoms with Crippen LogP contribution in [0.2, 0.25) is 0 Å². The van der Waals surface area contributed by atoms with Gasteiger partial charge in [-0.15, -0.1) is 0 Å². The molecular formula is C18H23N3O3. The quantitative estimate of drug-likeness (QED) is 0.646. The van der Waals surface area contributed by atoms with Gasteiger partial charge in [0.05, 0.1) is 0 Å². The van der Waals surface area contributed by atoms with Crippen LogP contribution in [0.15, 0.2) is 36.4 Å². The zero-order valence-electron chi connectivity index (χ0n) is 14.0. The molecule has 24 heavy (non-hydrogen) atoms. The van der Waals surface area contributed by atoms with Gasteiger partial charge in [0, 0.05) is 17.3 Å². The van der Waals surface area contributed by atoms with E-state index in [1.54, 1.807) is 18.2 Å². The molecule has 2 rings (SSSR count). The van der Waals surface area contributed by atoms with Crippen molar-refractivity contribution in [3.05, 3.63) is 53.1 Å². The van der Waals surface area contributed by atoms with Crippen molar-refractivity contribution >= 4 is 11.7 Å². The highest BCUT2D eigenvalue weighted by molar-refractivity contribution is 5.91. The smallest absolute Gasteiger partial charge is 0.320 e. The number of nitrogens with two attached hydrogens (primary N) is 2. The summed E-state index contributed by atoms with van der Waals surface area (Å²) in [5.74, 6) is -0.180. The Morgan fingerprint density at radius 2 is 1.58 bits per heavy atom. The second kappa shape index (κ2) is 6.80. The molecule has 0 saturated heterocycles. The Balaban J connectivity index is 2.51. The molecule has 0 aromatic heterocycles. The molecule has 0 fully saturated rings. The van der Waals surface area contributed by atoms with E-state index in [-0.39, 0.29) is 17.4 Å². The Labute approximate surface area is 141 Å². The van der Waals surface area contributed by atoms with Gasteiger partial charge in [-0.25, -0.2) is 4.79 Å². The molecule has 1 atom stereocenters. The number of aromatic hydroxyl groups is 2. The maximum atomic E-state index is 11.9. The van der Waals surface area contributed by atoms with Crippen molar-refractivity contribution in [2.24, 2.45) is 11.5 Å². The van der Waals surface area contributed by atoms with Crippen LogP contribution in [0.25, 0.3) is 0 Å². The van der Waals surface area contributed by atoms with Gasteiger partial charge in [0.1, 0.15) is 17.7 Å². The lowest BCUT2D eigenvalue weighted by atomic mass is 9.97. The van der Waals surface area contributed by atoms with Crippen molar-refractivity contribution in [1.29, 1.82) is 0 Å². The number of phenolic OH excluding ortho intramolecular Hbond substituents is 2. The summed E-state index contributed by atoms with van der Waals surface area (Å²) in [5.41, 5.74) is 14.2. The summed E-state index contributed by atoms with van der Waals surface area (Å²) >= 11 is 0. The minimum atomic E-state index is -0.983. The van der Waals surface area contributed by atoms with Gasteiger partial charge in [0.15, 0.2) is 0 Å². The Morgan fingerprint density at radius 1 is 1.04 bits per heavy atom. The Morgan fingerprint density at radius 3 is 2.08 bits per heavy atom. The maximum Gasteiger partial charge on any atom is 0.320 e. The van der Waals surface area contributed by atoms with Crippen LogP contribution in [-0.4, -0.2) is 16.2 Å². The van der Waals surface area contributed by atoms with Crippen molar-refractivity contribution in [2.45, 2.75) is 32.9 Å². The molecule has 6 N–H and O–H groups in total. The van der Waals surface area contributed by atoms with Crippen molar-refractivity contribution < 1.29 is 15.0 Å². The molecule has 0 aliphatic carbocycles. The molecule has 6 heteroatoms. The summed E-state index contributed by atoms with van der Waals surface area (Å²) in [6, 6.07) is 9.26. The van der Waals surface area contributed by atoms with Crippen LogP contribution in [0.4, 0.5) is 10.5 Å². The Kier molecular flexibility index (Phi) is 4.99. The minimum absolute atomic E-state index is 0.0144. The number of hydrogen-bond acceptors (Lipinski definition) is 4. The monoisotopic (exact) mass is 329 g/mol. The first-order valence-electron chi connectivity index (χ1n) is 7.69. The third kappa shape index (κ3) is 3.44. The van der Waals surface area contributed by atoms with Crippen molar-refractivity contribution in [1.82, 2.24) is 0 Å². The molecule has 0 unspecified atom stereocenters. The molecule has 6 nitrogen and oxygen atoms in total. The molecule has 128 valence electrons. The Hall–Kier alpha value is -2.73. The fourth-order valence-corrected chi connectivity index (χ4v) is 2.58. The van der Waals surface area contributed by atoms with E-state index in [0.29, 0.717) is 16.8 Å². The standard InChI is InChI=1S/C18H23N3O3/c1-10(2)13-8-14(16(23)9-15(13)22)17(19)21(18(20)24)12-6-4-11(3)5-7-12/h4-10,17,22-23H,19H2,1-3H3,(H2,20,24)/t17-/m1/s1. The van der Waals surface area contributed by atoms with Gasteiger partial charge in [-0.3, -0.25) is 4.90 Å². The van der Waals surface area contributed by atoms with E-state index in [0.717, 1.165) is 5.56 Å². The van der Waals surface area contributed by atoms with Crippen molar-refractivity contribution in [3.8, 4) is 11.5 Å². The minimum Gasteiger partial charge on any atom is -0.508 e. The SMILES string of the molecule is Cc1ccc(N(C(N)=O)[C@@H](N)c2cc(C(C)C)c(O)cc2O)cc1. The van der Waals surface area contributed by atoms with Gasteiger partial charge in [-0.2, -0.15) is 0 Å². The largest absolute Gasteiger partial charge is 0.508 e. The van der Waals surface area contributed by atoms with Gasteiger partial charge < -0.3 is 21.7 Å². The van der Waals surface area contributed by atoms with Gasteiger partial charge in [-0.1, -0.05) is 31.5 Å². The number of urea groups is 1. The highest BCUT2D eigenvalue weighted by Gasteiger charge is 2.25. The first-order valence-corrected chi connectivity index (χ1v) is 7.69. The second-order valence-corrected chi connectivity index (χ2v) is 6.11. The molecule has 0 aliphatic heterocycles. The number of amides is 2. The van der Waals surface area contributed by atoms with Gasteiger partial charge in [0.2, 0.25) is 0 Å². The van der Waals surface area contributed by atoms with Crippen LogP contribution < -0.4 is 16.4 Å². The topological polar surface area (TPSA) is 113 Å². The first-order chi connectivity index (χ1) is 11.2. The molecule has 0 heterocycles. The van der Waals surface area contributed by atoms with E-state index >= 15 is 0 Å². The van der Waals surface area contributed by atoms with Crippen molar-refractivity contribution in [3.63, 3.8) is 0 Å². The maximum absolute atomic E-state index is 11.9. The number of benzene rings is 2. The average molecular weight is 329 g/mol. The molecule has 0 radical (unpaired) electrons. The molecule has 0 spiro atoms. The molecule has 2 aromatic carbocycles. The predicted octanol–water partition coefficient (Wildman–Crippen LogP) is 3.07. The van der Waals surface area contributed by atoms with E-state index in [2.05, 4.69) is 0 Å². The van der Waals surface area contributed by atoms with E-state index in [9.17, 15) is 15.0 Å². The molecular weight excluding hydrogens is 306 g/mol. The number of aryl methyl sites for hydroxylation is 1. The van der Waals surface area contributed by atoms with Crippen LogP contribution in [0, 0.1) is 6.92 Å². The summed E-state index contributed by atoms with van der Waals surface area (Å²) in [6.07, 6.45) is -0.983. The van der Waals surface area contributed by atoms with Gasteiger partial charge in [-0.05, 0) is 36.6 Å². The molecule has 0 bridgehead atoms. The summed E-state index contributed by atoms with van der Waals surface area (Å²) in [5, 5.41) is 20.1. The zero-order chi connectivity index (χ0) is 18.0. The van der Waals surface area contributed by atoms with Crippen LogP contribution in [0.3, 0.4) is 0 Å². The summed E-state index contributed by atoms with van der Waals surface area (Å²) < 4.78 is 0. The van der Waals surface area contributed by atoms with Crippen LogP contribution in [0.1, 0.15) is 42.6 Å². The van der Waals surface area contributed by atoms with E-state index < -0.39 is 12.2 Å². The number of phenols is 2. The number of anilines is 1. The fourth-order valence-electron chi connectivity index (χ4n) is 2.58. The molecule has 2 amide bonds. The number of primary amides is 1. The lowest BCUT2D eigenvalue weighted by Crippen LogP contribution is -2.43. The normalized spacial score (nSPS) is 12.2. The summed E-state index contributed by atoms with van der Waals surface area (Å²) in [7, 11) is 0. The number of nitrogens with zero attached hydrogens (tertiary/aromatic N) is 1. The van der Waals surface area contributed by atoms with Gasteiger partial charge >= 0.3 is 6.03 Å². The van der Waals surface area contributed by atoms with E-state index in [4.69, 9.17) is 11.5 Å².